The predicted octanol–water partition coefficient (Wildman–Crippen LogP) is 3.85. The van der Waals surface area contributed by atoms with Gasteiger partial charge in [0.2, 0.25) is 0 Å². The molecule has 5 rings (SSSR count). The molecule has 0 unspecified atom stereocenters. The smallest absolute Gasteiger partial charge is 0.0957 e. The average Bonchev–Trinajstić information content (AvgIpc) is 3.26. The molecule has 0 spiro atoms. The quantitative estimate of drug-likeness (QED) is 0.494. The van der Waals surface area contributed by atoms with Crippen molar-refractivity contribution in [1.82, 2.24) is 14.8 Å². The lowest BCUT2D eigenvalue weighted by atomic mass is 9.95. The summed E-state index contributed by atoms with van der Waals surface area (Å²) in [5, 5.41) is 10.8. The van der Waals surface area contributed by atoms with Crippen LogP contribution in [0.5, 0.6) is 0 Å². The standard InChI is InChI=1S/C22H15N3/c1-3-9-16(10-4-1)21(17-11-5-2-6-12-17)22-18-13-7-8-14-19(18)25-20(22)15-23-24-25/h1-15H. The molecule has 118 valence electrons. The van der Waals surface area contributed by atoms with E-state index in [1.165, 1.54) is 27.3 Å². The number of aromatic nitrogens is 3. The second-order valence-electron chi connectivity index (χ2n) is 6.03. The minimum absolute atomic E-state index is 1.03. The van der Waals surface area contributed by atoms with E-state index in [9.17, 15) is 0 Å². The van der Waals surface area contributed by atoms with Crippen LogP contribution in [0.4, 0.5) is 0 Å². The summed E-state index contributed by atoms with van der Waals surface area (Å²) in [6.07, 6.45) is 1.85. The lowest BCUT2D eigenvalue weighted by molar-refractivity contribution is 0.886. The Morgan fingerprint density at radius 3 is 1.92 bits per heavy atom. The molecule has 0 aliphatic carbocycles. The lowest BCUT2D eigenvalue weighted by Gasteiger charge is -2.08. The summed E-state index contributed by atoms with van der Waals surface area (Å²) in [5.74, 6) is 0. The number of benzene rings is 3. The van der Waals surface area contributed by atoms with Crippen LogP contribution in [0.15, 0.2) is 91.1 Å². The molecule has 3 heteroatoms. The van der Waals surface area contributed by atoms with E-state index in [-0.39, 0.29) is 0 Å². The number of nitrogens with zero attached hydrogens (tertiary/aromatic N) is 3. The van der Waals surface area contributed by atoms with Crippen molar-refractivity contribution in [3.8, 4) is 0 Å². The maximum absolute atomic E-state index is 4.29. The Morgan fingerprint density at radius 1 is 0.640 bits per heavy atom. The number of hydrogen-bond donors (Lipinski definition) is 0. The Balaban J connectivity index is 2.06. The first kappa shape index (κ1) is 13.9. The fourth-order valence-electron chi connectivity index (χ4n) is 3.52. The average molecular weight is 321 g/mol. The summed E-state index contributed by atoms with van der Waals surface area (Å²) in [6, 6.07) is 29.4. The molecule has 0 aliphatic rings. The van der Waals surface area contributed by atoms with Gasteiger partial charge in [-0.3, -0.25) is 0 Å². The van der Waals surface area contributed by atoms with Crippen molar-refractivity contribution in [2.75, 3.05) is 0 Å². The van der Waals surface area contributed by atoms with Gasteiger partial charge in [0.25, 0.3) is 0 Å². The van der Waals surface area contributed by atoms with Gasteiger partial charge in [-0.05, 0) is 22.8 Å². The summed E-state index contributed by atoms with van der Waals surface area (Å²) in [6.45, 7) is 0. The van der Waals surface area contributed by atoms with Crippen molar-refractivity contribution < 1.29 is 0 Å². The second kappa shape index (κ2) is 5.56. The highest BCUT2D eigenvalue weighted by Gasteiger charge is 2.14. The lowest BCUT2D eigenvalue weighted by Crippen LogP contribution is -2.08. The molecule has 0 bridgehead atoms. The molecular formula is C22H15N3. The number of para-hydroxylation sites is 1. The van der Waals surface area contributed by atoms with Gasteiger partial charge < -0.3 is 0 Å². The maximum Gasteiger partial charge on any atom is 0.0957 e. The molecule has 0 atom stereocenters. The van der Waals surface area contributed by atoms with Crippen LogP contribution in [0.1, 0.15) is 11.1 Å². The van der Waals surface area contributed by atoms with E-state index in [1.54, 1.807) is 0 Å². The highest BCUT2D eigenvalue weighted by Crippen LogP contribution is 2.24. The van der Waals surface area contributed by atoms with Crippen LogP contribution in [0.3, 0.4) is 0 Å². The molecule has 5 aromatic rings. The largest absolute Gasteiger partial charge is 0.212 e. The summed E-state index contributed by atoms with van der Waals surface area (Å²) in [5.41, 5.74) is 5.69. The summed E-state index contributed by atoms with van der Waals surface area (Å²) in [7, 11) is 0. The van der Waals surface area contributed by atoms with Gasteiger partial charge in [-0.15, -0.1) is 5.10 Å². The fourth-order valence-corrected chi connectivity index (χ4v) is 3.52. The molecule has 2 aromatic heterocycles. The summed E-state index contributed by atoms with van der Waals surface area (Å²) >= 11 is 0. The molecule has 0 saturated heterocycles. The van der Waals surface area contributed by atoms with Crippen LogP contribution < -0.4 is 5.22 Å². The molecular weight excluding hydrogens is 306 g/mol. The van der Waals surface area contributed by atoms with Crippen molar-refractivity contribution >= 4 is 22.0 Å². The summed E-state index contributed by atoms with van der Waals surface area (Å²) < 4.78 is 1.93. The topological polar surface area (TPSA) is 30.2 Å². The first-order valence-corrected chi connectivity index (χ1v) is 8.29. The van der Waals surface area contributed by atoms with E-state index < -0.39 is 0 Å². The third-order valence-corrected chi connectivity index (χ3v) is 4.58. The van der Waals surface area contributed by atoms with Gasteiger partial charge >= 0.3 is 0 Å². The Morgan fingerprint density at radius 2 is 1.24 bits per heavy atom. The van der Waals surface area contributed by atoms with Gasteiger partial charge in [0.15, 0.2) is 0 Å². The van der Waals surface area contributed by atoms with Crippen LogP contribution in [0.2, 0.25) is 0 Å². The number of fused-ring (bicyclic) bond motifs is 3. The first-order valence-electron chi connectivity index (χ1n) is 8.29. The Labute approximate surface area is 144 Å². The fraction of sp³-hybridized carbons (Fsp3) is 0. The molecule has 0 aliphatic heterocycles. The maximum atomic E-state index is 4.29. The van der Waals surface area contributed by atoms with Crippen LogP contribution in [-0.2, 0) is 0 Å². The minimum atomic E-state index is 1.03. The zero-order chi connectivity index (χ0) is 16.6. The number of hydrogen-bond acceptors (Lipinski definition) is 2. The van der Waals surface area contributed by atoms with Gasteiger partial charge in [0, 0.05) is 10.6 Å². The van der Waals surface area contributed by atoms with Gasteiger partial charge in [0.05, 0.1) is 17.2 Å². The minimum Gasteiger partial charge on any atom is -0.212 e. The highest BCUT2D eigenvalue weighted by atomic mass is 15.4. The Kier molecular flexibility index (Phi) is 3.10. The molecule has 0 fully saturated rings. The molecule has 0 saturated carbocycles. The van der Waals surface area contributed by atoms with E-state index >= 15 is 0 Å². The summed E-state index contributed by atoms with van der Waals surface area (Å²) in [4.78, 5) is 0. The number of rotatable bonds is 2. The second-order valence-corrected chi connectivity index (χ2v) is 6.03. The van der Waals surface area contributed by atoms with E-state index in [2.05, 4.69) is 77.0 Å². The first-order chi connectivity index (χ1) is 12.4. The van der Waals surface area contributed by atoms with Crippen molar-refractivity contribution in [3.05, 3.63) is 107 Å². The third-order valence-electron chi connectivity index (χ3n) is 4.58. The van der Waals surface area contributed by atoms with E-state index in [4.69, 9.17) is 0 Å². The Bertz CT molecular complexity index is 1180. The zero-order valence-electron chi connectivity index (χ0n) is 13.5. The molecule has 25 heavy (non-hydrogen) atoms. The Hall–Kier alpha value is -3.46. The van der Waals surface area contributed by atoms with Crippen LogP contribution in [0.25, 0.3) is 22.0 Å². The van der Waals surface area contributed by atoms with Crippen LogP contribution >= 0.6 is 0 Å². The predicted molar refractivity (Wildman–Crippen MR) is 100 cm³/mol. The molecule has 0 radical (unpaired) electrons. The molecule has 2 heterocycles. The monoisotopic (exact) mass is 321 g/mol. The molecule has 0 N–H and O–H groups in total. The van der Waals surface area contributed by atoms with Crippen molar-refractivity contribution in [2.45, 2.75) is 0 Å². The molecule has 3 nitrogen and oxygen atoms in total. The van der Waals surface area contributed by atoms with Crippen LogP contribution in [-0.4, -0.2) is 14.8 Å². The normalized spacial score (nSPS) is 11.2. The van der Waals surface area contributed by atoms with Crippen LogP contribution in [0, 0.1) is 0 Å². The molecule has 0 amide bonds. The SMILES string of the molecule is c1ccc(C(c2ccccc2)=c2c3ccccc3n3nncc23)cc1. The zero-order valence-corrected chi connectivity index (χ0v) is 13.5. The van der Waals surface area contributed by atoms with E-state index in [0.717, 1.165) is 11.0 Å². The van der Waals surface area contributed by atoms with Crippen molar-refractivity contribution in [1.29, 1.82) is 0 Å². The van der Waals surface area contributed by atoms with Gasteiger partial charge in [0.1, 0.15) is 0 Å². The van der Waals surface area contributed by atoms with Crippen molar-refractivity contribution in [3.63, 3.8) is 0 Å². The highest BCUT2D eigenvalue weighted by molar-refractivity contribution is 5.95. The molecule has 3 aromatic carbocycles. The van der Waals surface area contributed by atoms with Gasteiger partial charge in [-0.1, -0.05) is 84.1 Å². The van der Waals surface area contributed by atoms with Gasteiger partial charge in [-0.25, -0.2) is 4.52 Å². The van der Waals surface area contributed by atoms with E-state index in [0.29, 0.717) is 0 Å². The van der Waals surface area contributed by atoms with Gasteiger partial charge in [-0.2, -0.15) is 0 Å². The van der Waals surface area contributed by atoms with Crippen molar-refractivity contribution in [2.24, 2.45) is 0 Å². The van der Waals surface area contributed by atoms with E-state index in [1.807, 2.05) is 28.9 Å². The third kappa shape index (κ3) is 2.13.